The normalized spacial score (nSPS) is 11.1. The molecule has 1 amide bonds. The molecule has 10 heteroatoms. The average molecular weight is 389 g/mol. The lowest BCUT2D eigenvalue weighted by molar-refractivity contribution is -0.384. The summed E-state index contributed by atoms with van der Waals surface area (Å²) >= 11 is 5.92. The highest BCUT2D eigenvalue weighted by atomic mass is 35.5. The molecular weight excluding hydrogens is 377 g/mol. The fourth-order valence-electron chi connectivity index (χ4n) is 2.14. The zero-order chi connectivity index (χ0) is 19.5. The van der Waals surface area contributed by atoms with Crippen LogP contribution in [-0.2, 0) is 6.54 Å². The second-order valence-corrected chi connectivity index (χ2v) is 5.68. The smallest absolute Gasteiger partial charge is 0.406 e. The van der Waals surface area contributed by atoms with E-state index in [1.165, 1.54) is 30.1 Å². The Bertz CT molecular complexity index is 825. The summed E-state index contributed by atoms with van der Waals surface area (Å²) in [7, 11) is 1.47. The fourth-order valence-corrected chi connectivity index (χ4v) is 2.39. The molecule has 2 aromatic carbocycles. The van der Waals surface area contributed by atoms with Gasteiger partial charge in [0, 0.05) is 25.7 Å². The first-order valence-electron chi connectivity index (χ1n) is 7.11. The molecular formula is C16H12ClF3N2O4. The topological polar surface area (TPSA) is 72.7 Å². The largest absolute Gasteiger partial charge is 0.573 e. The van der Waals surface area contributed by atoms with Crippen LogP contribution >= 0.6 is 11.6 Å². The van der Waals surface area contributed by atoms with Crippen LogP contribution < -0.4 is 4.74 Å². The third kappa shape index (κ3) is 5.09. The average Bonchev–Trinajstić information content (AvgIpc) is 2.54. The highest BCUT2D eigenvalue weighted by molar-refractivity contribution is 6.34. The van der Waals surface area contributed by atoms with E-state index < -0.39 is 17.2 Å². The molecule has 0 spiro atoms. The molecule has 138 valence electrons. The third-order valence-electron chi connectivity index (χ3n) is 3.32. The number of hydrogen-bond donors (Lipinski definition) is 0. The van der Waals surface area contributed by atoms with Crippen LogP contribution in [0.3, 0.4) is 0 Å². The van der Waals surface area contributed by atoms with E-state index in [0.717, 1.165) is 24.3 Å². The van der Waals surface area contributed by atoms with Gasteiger partial charge in [-0.3, -0.25) is 14.9 Å². The molecule has 0 unspecified atom stereocenters. The highest BCUT2D eigenvalue weighted by Crippen LogP contribution is 2.25. The predicted octanol–water partition coefficient (Wildman–Crippen LogP) is 4.42. The second kappa shape index (κ2) is 7.61. The first-order chi connectivity index (χ1) is 12.1. The van der Waals surface area contributed by atoms with Gasteiger partial charge in [0.05, 0.1) is 15.5 Å². The molecule has 0 aliphatic rings. The molecule has 0 bridgehead atoms. The van der Waals surface area contributed by atoms with Crippen LogP contribution in [0, 0.1) is 10.1 Å². The number of carbonyl (C=O) groups excluding carboxylic acids is 1. The van der Waals surface area contributed by atoms with Crippen molar-refractivity contribution < 1.29 is 27.6 Å². The number of hydrogen-bond acceptors (Lipinski definition) is 4. The van der Waals surface area contributed by atoms with Crippen LogP contribution in [-0.4, -0.2) is 29.1 Å². The van der Waals surface area contributed by atoms with E-state index in [1.54, 1.807) is 0 Å². The van der Waals surface area contributed by atoms with Crippen LogP contribution in [0.1, 0.15) is 15.9 Å². The molecule has 0 fully saturated rings. The lowest BCUT2D eigenvalue weighted by Crippen LogP contribution is -2.26. The second-order valence-electron chi connectivity index (χ2n) is 5.27. The molecule has 0 saturated heterocycles. The molecule has 0 atom stereocenters. The number of non-ortho nitro benzene ring substituents is 1. The number of nitro groups is 1. The molecule has 2 aromatic rings. The number of rotatable bonds is 5. The number of carbonyl (C=O) groups is 1. The van der Waals surface area contributed by atoms with E-state index in [4.69, 9.17) is 11.6 Å². The van der Waals surface area contributed by atoms with Crippen molar-refractivity contribution in [3.8, 4) is 5.75 Å². The Morgan fingerprint density at radius 2 is 1.85 bits per heavy atom. The Kier molecular flexibility index (Phi) is 5.71. The molecule has 0 saturated carbocycles. The van der Waals surface area contributed by atoms with Gasteiger partial charge in [0.15, 0.2) is 0 Å². The number of benzene rings is 2. The monoisotopic (exact) mass is 388 g/mol. The minimum atomic E-state index is -4.78. The van der Waals surface area contributed by atoms with Crippen LogP contribution in [0.25, 0.3) is 0 Å². The number of nitrogens with zero attached hydrogens (tertiary/aromatic N) is 2. The molecule has 0 aromatic heterocycles. The van der Waals surface area contributed by atoms with Gasteiger partial charge < -0.3 is 9.64 Å². The maximum atomic E-state index is 12.4. The standard InChI is InChI=1S/C16H12ClF3N2O4/c1-21(9-10-2-5-12(6-3-10)26-16(18,19)20)15(23)13-7-4-11(22(24)25)8-14(13)17/h2-8H,9H2,1H3. The van der Waals surface area contributed by atoms with Gasteiger partial charge in [0.1, 0.15) is 5.75 Å². The highest BCUT2D eigenvalue weighted by Gasteiger charge is 2.31. The molecule has 26 heavy (non-hydrogen) atoms. The third-order valence-corrected chi connectivity index (χ3v) is 3.63. The maximum absolute atomic E-state index is 12.4. The van der Waals surface area contributed by atoms with Crippen LogP contribution in [0.15, 0.2) is 42.5 Å². The zero-order valence-corrected chi connectivity index (χ0v) is 14.0. The van der Waals surface area contributed by atoms with Crippen molar-refractivity contribution in [2.24, 2.45) is 0 Å². The van der Waals surface area contributed by atoms with Crippen molar-refractivity contribution in [2.45, 2.75) is 12.9 Å². The van der Waals surface area contributed by atoms with E-state index in [2.05, 4.69) is 4.74 Å². The van der Waals surface area contributed by atoms with E-state index in [1.807, 2.05) is 0 Å². The minimum absolute atomic E-state index is 0.0648. The van der Waals surface area contributed by atoms with Crippen LogP contribution in [0.2, 0.25) is 5.02 Å². The van der Waals surface area contributed by atoms with Crippen molar-refractivity contribution in [3.05, 3.63) is 68.7 Å². The summed E-state index contributed by atoms with van der Waals surface area (Å²) in [5.74, 6) is -0.853. The van der Waals surface area contributed by atoms with Gasteiger partial charge in [-0.15, -0.1) is 13.2 Å². The van der Waals surface area contributed by atoms with Gasteiger partial charge in [-0.05, 0) is 23.8 Å². The quantitative estimate of drug-likeness (QED) is 0.561. The molecule has 2 rings (SSSR count). The number of nitro benzene ring substituents is 1. The van der Waals surface area contributed by atoms with Crippen molar-refractivity contribution in [1.82, 2.24) is 4.90 Å². The first kappa shape index (κ1) is 19.5. The summed E-state index contributed by atoms with van der Waals surface area (Å²) in [5, 5.41) is 10.6. The first-order valence-corrected chi connectivity index (χ1v) is 7.49. The molecule has 0 N–H and O–H groups in total. The summed E-state index contributed by atoms with van der Waals surface area (Å²) in [5.41, 5.74) is 0.402. The number of amides is 1. The van der Waals surface area contributed by atoms with Crippen molar-refractivity contribution in [3.63, 3.8) is 0 Å². The predicted molar refractivity (Wildman–Crippen MR) is 87.0 cm³/mol. The van der Waals surface area contributed by atoms with Gasteiger partial charge in [-0.1, -0.05) is 23.7 Å². The molecule has 6 nitrogen and oxygen atoms in total. The van der Waals surface area contributed by atoms with Gasteiger partial charge in [0.25, 0.3) is 11.6 Å². The molecule has 0 aliphatic heterocycles. The van der Waals surface area contributed by atoms with Crippen molar-refractivity contribution >= 4 is 23.2 Å². The Morgan fingerprint density at radius 1 is 1.23 bits per heavy atom. The van der Waals surface area contributed by atoms with Gasteiger partial charge in [-0.2, -0.15) is 0 Å². The van der Waals surface area contributed by atoms with Crippen molar-refractivity contribution in [2.75, 3.05) is 7.05 Å². The number of alkyl halides is 3. The van der Waals surface area contributed by atoms with Crippen LogP contribution in [0.5, 0.6) is 5.75 Å². The molecule has 0 heterocycles. The van der Waals surface area contributed by atoms with E-state index >= 15 is 0 Å². The summed E-state index contributed by atoms with van der Waals surface area (Å²) in [6.45, 7) is 0.0957. The van der Waals surface area contributed by atoms with E-state index in [0.29, 0.717) is 5.56 Å². The molecule has 0 radical (unpaired) electrons. The Hall–Kier alpha value is -2.81. The lowest BCUT2D eigenvalue weighted by atomic mass is 10.1. The van der Waals surface area contributed by atoms with Crippen LogP contribution in [0.4, 0.5) is 18.9 Å². The van der Waals surface area contributed by atoms with Crippen molar-refractivity contribution in [1.29, 1.82) is 0 Å². The van der Waals surface area contributed by atoms with E-state index in [-0.39, 0.29) is 28.6 Å². The summed E-state index contributed by atoms with van der Waals surface area (Å²) in [6, 6.07) is 8.55. The van der Waals surface area contributed by atoms with Gasteiger partial charge in [0.2, 0.25) is 0 Å². The zero-order valence-electron chi connectivity index (χ0n) is 13.3. The lowest BCUT2D eigenvalue weighted by Gasteiger charge is -2.18. The Labute approximate surface area is 150 Å². The SMILES string of the molecule is CN(Cc1ccc(OC(F)(F)F)cc1)C(=O)c1ccc([N+](=O)[O-])cc1Cl. The van der Waals surface area contributed by atoms with Gasteiger partial charge >= 0.3 is 6.36 Å². The fraction of sp³-hybridized carbons (Fsp3) is 0.188. The Balaban J connectivity index is 2.08. The number of halogens is 4. The minimum Gasteiger partial charge on any atom is -0.406 e. The summed E-state index contributed by atoms with van der Waals surface area (Å²) in [6.07, 6.45) is -4.78. The summed E-state index contributed by atoms with van der Waals surface area (Å²) < 4.78 is 40.2. The van der Waals surface area contributed by atoms with Gasteiger partial charge in [-0.25, -0.2) is 0 Å². The molecule has 0 aliphatic carbocycles. The van der Waals surface area contributed by atoms with E-state index in [9.17, 15) is 28.1 Å². The summed E-state index contributed by atoms with van der Waals surface area (Å²) in [4.78, 5) is 23.8. The maximum Gasteiger partial charge on any atom is 0.573 e. The Morgan fingerprint density at radius 3 is 2.35 bits per heavy atom. The number of ether oxygens (including phenoxy) is 1.